The molecule has 0 aliphatic heterocycles. The van der Waals surface area contributed by atoms with E-state index in [9.17, 15) is 4.79 Å². The first kappa shape index (κ1) is 10.3. The van der Waals surface area contributed by atoms with Crippen molar-refractivity contribution in [3.8, 4) is 0 Å². The molecule has 0 radical (unpaired) electrons. The first-order valence-electron chi connectivity index (χ1n) is 3.28. The Morgan fingerprint density at radius 3 is 2.82 bits per heavy atom. The van der Waals surface area contributed by atoms with Gasteiger partial charge in [0, 0.05) is 18.9 Å². The zero-order valence-electron chi connectivity index (χ0n) is 6.12. The van der Waals surface area contributed by atoms with Gasteiger partial charge in [-0.05, 0) is 13.0 Å². The third kappa shape index (κ3) is 2.78. The van der Waals surface area contributed by atoms with Gasteiger partial charge in [-0.3, -0.25) is 4.57 Å². The van der Waals surface area contributed by atoms with Crippen molar-refractivity contribution in [2.24, 2.45) is 5.73 Å². The van der Waals surface area contributed by atoms with Gasteiger partial charge in [0.15, 0.2) is 0 Å². The van der Waals surface area contributed by atoms with Crippen molar-refractivity contribution < 1.29 is 0 Å². The van der Waals surface area contributed by atoms with E-state index in [1.54, 1.807) is 17.0 Å². The number of hydrogen-bond donors (Lipinski definition) is 2. The number of H-pyrrole nitrogens is 1. The molecule has 1 aromatic heterocycles. The number of aryl methyl sites for hydroxylation is 1. The molecule has 1 aromatic rings. The molecule has 0 bridgehead atoms. The normalized spacial score (nSPS) is 9.18. The van der Waals surface area contributed by atoms with Crippen molar-refractivity contribution in [1.82, 2.24) is 9.55 Å². The summed E-state index contributed by atoms with van der Waals surface area (Å²) in [6.45, 7) is 1.33. The van der Waals surface area contributed by atoms with Crippen LogP contribution >= 0.6 is 12.4 Å². The van der Waals surface area contributed by atoms with E-state index in [4.69, 9.17) is 5.73 Å². The highest BCUT2D eigenvalue weighted by molar-refractivity contribution is 5.85. The Morgan fingerprint density at radius 1 is 1.64 bits per heavy atom. The average molecular weight is 178 g/mol. The Labute approximate surface area is 70.8 Å². The van der Waals surface area contributed by atoms with Crippen molar-refractivity contribution in [1.29, 1.82) is 0 Å². The Morgan fingerprint density at radius 2 is 2.36 bits per heavy atom. The predicted octanol–water partition coefficient (Wildman–Crippen LogP) is -0.0530. The second-order valence-corrected chi connectivity index (χ2v) is 2.10. The number of aromatic amines is 1. The van der Waals surface area contributed by atoms with Gasteiger partial charge in [0.1, 0.15) is 0 Å². The minimum atomic E-state index is -0.0616. The maximum atomic E-state index is 10.8. The van der Waals surface area contributed by atoms with Gasteiger partial charge < -0.3 is 10.7 Å². The lowest BCUT2D eigenvalue weighted by molar-refractivity contribution is 0.632. The summed E-state index contributed by atoms with van der Waals surface area (Å²) in [4.78, 5) is 13.3. The van der Waals surface area contributed by atoms with Crippen LogP contribution in [0.3, 0.4) is 0 Å². The zero-order valence-corrected chi connectivity index (χ0v) is 6.93. The van der Waals surface area contributed by atoms with E-state index in [0.717, 1.165) is 6.42 Å². The Balaban J connectivity index is 0.000001000. The first-order valence-corrected chi connectivity index (χ1v) is 3.28. The SMILES string of the molecule is Cl.NCCCn1cc[nH]c1=O. The third-order valence-corrected chi connectivity index (χ3v) is 1.33. The molecule has 0 saturated heterocycles. The molecule has 1 heterocycles. The fourth-order valence-electron chi connectivity index (χ4n) is 0.787. The third-order valence-electron chi connectivity index (χ3n) is 1.33. The van der Waals surface area contributed by atoms with Crippen LogP contribution < -0.4 is 11.4 Å². The Bertz CT molecular complexity index is 242. The summed E-state index contributed by atoms with van der Waals surface area (Å²) in [5.74, 6) is 0. The van der Waals surface area contributed by atoms with Crippen LogP contribution in [-0.4, -0.2) is 16.1 Å². The highest BCUT2D eigenvalue weighted by Gasteiger charge is 1.92. The molecule has 11 heavy (non-hydrogen) atoms. The monoisotopic (exact) mass is 177 g/mol. The van der Waals surface area contributed by atoms with Crippen molar-refractivity contribution in [3.63, 3.8) is 0 Å². The Kier molecular flexibility index (Phi) is 4.65. The lowest BCUT2D eigenvalue weighted by Gasteiger charge is -1.95. The molecule has 0 unspecified atom stereocenters. The highest BCUT2D eigenvalue weighted by atomic mass is 35.5. The molecule has 0 aromatic carbocycles. The summed E-state index contributed by atoms with van der Waals surface area (Å²) in [5.41, 5.74) is 5.21. The number of imidazole rings is 1. The molecule has 0 amide bonds. The molecule has 0 aliphatic rings. The smallest absolute Gasteiger partial charge is 0.325 e. The topological polar surface area (TPSA) is 63.8 Å². The Hall–Kier alpha value is -0.740. The van der Waals surface area contributed by atoms with Crippen LogP contribution in [0.5, 0.6) is 0 Å². The largest absolute Gasteiger partial charge is 0.330 e. The lowest BCUT2D eigenvalue weighted by atomic mass is 10.4. The molecule has 0 atom stereocenters. The second kappa shape index (κ2) is 4.98. The maximum absolute atomic E-state index is 10.8. The van der Waals surface area contributed by atoms with Crippen molar-refractivity contribution >= 4 is 12.4 Å². The lowest BCUT2D eigenvalue weighted by Crippen LogP contribution is -2.17. The molecule has 4 nitrogen and oxygen atoms in total. The standard InChI is InChI=1S/C6H11N3O.ClH/c7-2-1-4-9-5-3-8-6(9)10;/h3,5H,1-2,4,7H2,(H,8,10);1H. The van der Waals surface area contributed by atoms with Gasteiger partial charge in [0.05, 0.1) is 0 Å². The quantitative estimate of drug-likeness (QED) is 0.680. The number of nitrogens with two attached hydrogens (primary N) is 1. The number of nitrogens with one attached hydrogen (secondary N) is 1. The van der Waals surface area contributed by atoms with Gasteiger partial charge in [-0.2, -0.15) is 0 Å². The van der Waals surface area contributed by atoms with Crippen molar-refractivity contribution in [2.75, 3.05) is 6.54 Å². The number of nitrogens with zero attached hydrogens (tertiary/aromatic N) is 1. The second-order valence-electron chi connectivity index (χ2n) is 2.10. The molecule has 64 valence electrons. The van der Waals surface area contributed by atoms with Crippen LogP contribution in [0, 0.1) is 0 Å². The average Bonchev–Trinajstić information content (AvgIpc) is 2.31. The summed E-state index contributed by atoms with van der Waals surface area (Å²) in [6.07, 6.45) is 4.19. The van der Waals surface area contributed by atoms with E-state index in [0.29, 0.717) is 13.1 Å². The molecule has 5 heteroatoms. The van der Waals surface area contributed by atoms with E-state index in [-0.39, 0.29) is 18.1 Å². The van der Waals surface area contributed by atoms with Crippen LogP contribution in [0.25, 0.3) is 0 Å². The van der Waals surface area contributed by atoms with Crippen LogP contribution in [0.1, 0.15) is 6.42 Å². The van der Waals surface area contributed by atoms with E-state index in [1.807, 2.05) is 0 Å². The highest BCUT2D eigenvalue weighted by Crippen LogP contribution is 1.82. The van der Waals surface area contributed by atoms with Gasteiger partial charge in [0.2, 0.25) is 0 Å². The molecule has 0 spiro atoms. The summed E-state index contributed by atoms with van der Waals surface area (Å²) in [7, 11) is 0. The fraction of sp³-hybridized carbons (Fsp3) is 0.500. The summed E-state index contributed by atoms with van der Waals surface area (Å²) in [6, 6.07) is 0. The van der Waals surface area contributed by atoms with E-state index >= 15 is 0 Å². The number of rotatable bonds is 3. The molecule has 3 N–H and O–H groups in total. The maximum Gasteiger partial charge on any atom is 0.325 e. The number of halogens is 1. The molecule has 0 fully saturated rings. The van der Waals surface area contributed by atoms with Gasteiger partial charge in [-0.1, -0.05) is 0 Å². The van der Waals surface area contributed by atoms with Gasteiger partial charge in [0.25, 0.3) is 0 Å². The van der Waals surface area contributed by atoms with Crippen LogP contribution in [0.2, 0.25) is 0 Å². The first-order chi connectivity index (χ1) is 4.84. The molecule has 0 saturated carbocycles. The van der Waals surface area contributed by atoms with Crippen LogP contribution in [0.4, 0.5) is 0 Å². The van der Waals surface area contributed by atoms with E-state index in [2.05, 4.69) is 4.98 Å². The zero-order chi connectivity index (χ0) is 7.40. The summed E-state index contributed by atoms with van der Waals surface area (Å²) in [5, 5.41) is 0. The molecular formula is C6H12ClN3O. The van der Waals surface area contributed by atoms with Crippen LogP contribution in [-0.2, 0) is 6.54 Å². The van der Waals surface area contributed by atoms with E-state index in [1.165, 1.54) is 0 Å². The number of hydrogen-bond acceptors (Lipinski definition) is 2. The van der Waals surface area contributed by atoms with E-state index < -0.39 is 0 Å². The van der Waals surface area contributed by atoms with Gasteiger partial charge >= 0.3 is 5.69 Å². The summed E-state index contributed by atoms with van der Waals surface area (Å²) < 4.78 is 1.60. The van der Waals surface area contributed by atoms with Crippen molar-refractivity contribution in [3.05, 3.63) is 22.9 Å². The van der Waals surface area contributed by atoms with Gasteiger partial charge in [-0.25, -0.2) is 4.79 Å². The van der Waals surface area contributed by atoms with Crippen molar-refractivity contribution in [2.45, 2.75) is 13.0 Å². The minimum absolute atomic E-state index is 0. The van der Waals surface area contributed by atoms with Gasteiger partial charge in [-0.15, -0.1) is 12.4 Å². The number of aromatic nitrogens is 2. The molecule has 1 rings (SSSR count). The molecular weight excluding hydrogens is 166 g/mol. The predicted molar refractivity (Wildman–Crippen MR) is 46.0 cm³/mol. The molecule has 0 aliphatic carbocycles. The van der Waals surface area contributed by atoms with Crippen LogP contribution in [0.15, 0.2) is 17.2 Å². The fourth-order valence-corrected chi connectivity index (χ4v) is 0.787. The summed E-state index contributed by atoms with van der Waals surface area (Å²) >= 11 is 0. The minimum Gasteiger partial charge on any atom is -0.330 e.